The largest absolute Gasteiger partial charge is 0.497 e. The highest BCUT2D eigenvalue weighted by molar-refractivity contribution is 5.77. The zero-order valence-electron chi connectivity index (χ0n) is 15.5. The van der Waals surface area contributed by atoms with Crippen LogP contribution in [0.15, 0.2) is 66.7 Å². The molecule has 1 N–H and O–H groups in total. The monoisotopic (exact) mass is 379 g/mol. The standard InChI is InChI=1S/C21H21N3O4/c1-26-17-7-9-18(10-8-17)28-15-20(25)22-13-14-27-21-12-11-19(23-24-21)16-5-3-2-4-6-16/h2-12H,13-15H2,1H3,(H,22,25). The van der Waals surface area contributed by atoms with E-state index in [-0.39, 0.29) is 19.1 Å². The van der Waals surface area contributed by atoms with Gasteiger partial charge in [-0.05, 0) is 30.3 Å². The third kappa shape index (κ3) is 5.70. The number of aromatic nitrogens is 2. The molecule has 3 rings (SSSR count). The first-order valence-electron chi connectivity index (χ1n) is 8.80. The van der Waals surface area contributed by atoms with Gasteiger partial charge in [-0.1, -0.05) is 30.3 Å². The molecule has 28 heavy (non-hydrogen) atoms. The minimum atomic E-state index is -0.232. The number of benzene rings is 2. The Morgan fingerprint density at radius 3 is 2.32 bits per heavy atom. The zero-order chi connectivity index (χ0) is 19.6. The van der Waals surface area contributed by atoms with Crippen LogP contribution in [0, 0.1) is 0 Å². The predicted molar refractivity (Wildman–Crippen MR) is 104 cm³/mol. The summed E-state index contributed by atoms with van der Waals surface area (Å²) in [6, 6.07) is 20.4. The number of amides is 1. The van der Waals surface area contributed by atoms with Gasteiger partial charge in [0.1, 0.15) is 18.1 Å². The molecule has 0 fully saturated rings. The van der Waals surface area contributed by atoms with Crippen LogP contribution in [-0.2, 0) is 4.79 Å². The number of methoxy groups -OCH3 is 1. The maximum atomic E-state index is 11.8. The molecule has 0 spiro atoms. The molecule has 144 valence electrons. The molecule has 0 aliphatic heterocycles. The number of nitrogens with zero attached hydrogens (tertiary/aromatic N) is 2. The van der Waals surface area contributed by atoms with Crippen molar-refractivity contribution in [2.45, 2.75) is 0 Å². The summed E-state index contributed by atoms with van der Waals surface area (Å²) in [5, 5.41) is 10.9. The van der Waals surface area contributed by atoms with Gasteiger partial charge in [0.15, 0.2) is 6.61 Å². The Balaban J connectivity index is 1.35. The molecule has 7 heteroatoms. The molecule has 0 saturated carbocycles. The Kier molecular flexibility index (Phi) is 6.78. The molecule has 2 aromatic carbocycles. The topological polar surface area (TPSA) is 82.6 Å². The van der Waals surface area contributed by atoms with Crippen LogP contribution in [0.2, 0.25) is 0 Å². The number of ether oxygens (including phenoxy) is 3. The molecule has 0 saturated heterocycles. The van der Waals surface area contributed by atoms with E-state index >= 15 is 0 Å². The van der Waals surface area contributed by atoms with Gasteiger partial charge in [-0.25, -0.2) is 0 Å². The van der Waals surface area contributed by atoms with Gasteiger partial charge in [-0.2, -0.15) is 0 Å². The van der Waals surface area contributed by atoms with Crippen LogP contribution in [0.4, 0.5) is 0 Å². The van der Waals surface area contributed by atoms with Gasteiger partial charge in [0.2, 0.25) is 5.88 Å². The SMILES string of the molecule is COc1ccc(OCC(=O)NCCOc2ccc(-c3ccccc3)nn2)cc1. The fourth-order valence-electron chi connectivity index (χ4n) is 2.38. The van der Waals surface area contributed by atoms with E-state index in [4.69, 9.17) is 14.2 Å². The van der Waals surface area contributed by atoms with Crippen LogP contribution < -0.4 is 19.5 Å². The number of hydrogen-bond acceptors (Lipinski definition) is 6. The van der Waals surface area contributed by atoms with Gasteiger partial charge >= 0.3 is 0 Å². The molecular formula is C21H21N3O4. The normalized spacial score (nSPS) is 10.2. The summed E-state index contributed by atoms with van der Waals surface area (Å²) in [5.74, 6) is 1.50. The van der Waals surface area contributed by atoms with Gasteiger partial charge in [0, 0.05) is 11.6 Å². The van der Waals surface area contributed by atoms with Crippen LogP contribution in [0.25, 0.3) is 11.3 Å². The predicted octanol–water partition coefficient (Wildman–Crippen LogP) is 2.73. The second-order valence-electron chi connectivity index (χ2n) is 5.79. The van der Waals surface area contributed by atoms with Crippen molar-refractivity contribution >= 4 is 5.91 Å². The minimum Gasteiger partial charge on any atom is -0.497 e. The fourth-order valence-corrected chi connectivity index (χ4v) is 2.38. The van der Waals surface area contributed by atoms with Crippen molar-refractivity contribution in [2.24, 2.45) is 0 Å². The molecule has 0 aliphatic rings. The first-order valence-corrected chi connectivity index (χ1v) is 8.80. The first kappa shape index (κ1) is 19.2. The summed E-state index contributed by atoms with van der Waals surface area (Å²) in [6.45, 7) is 0.554. The quantitative estimate of drug-likeness (QED) is 0.576. The van der Waals surface area contributed by atoms with E-state index in [9.17, 15) is 4.79 Å². The summed E-state index contributed by atoms with van der Waals surface area (Å²) in [5.41, 5.74) is 1.77. The Labute approximate surface area is 163 Å². The van der Waals surface area contributed by atoms with Crippen molar-refractivity contribution in [1.29, 1.82) is 0 Å². The van der Waals surface area contributed by atoms with Gasteiger partial charge in [0.05, 0.1) is 19.3 Å². The van der Waals surface area contributed by atoms with E-state index in [0.29, 0.717) is 18.2 Å². The van der Waals surface area contributed by atoms with Crippen molar-refractivity contribution in [1.82, 2.24) is 15.5 Å². The van der Waals surface area contributed by atoms with Gasteiger partial charge in [0.25, 0.3) is 5.91 Å². The molecule has 1 aromatic heterocycles. The Morgan fingerprint density at radius 2 is 1.64 bits per heavy atom. The van der Waals surface area contributed by atoms with Gasteiger partial charge in [-0.3, -0.25) is 4.79 Å². The summed E-state index contributed by atoms with van der Waals surface area (Å²) in [4.78, 5) is 11.8. The van der Waals surface area contributed by atoms with Crippen LogP contribution in [-0.4, -0.2) is 43.0 Å². The number of nitrogens with one attached hydrogen (secondary N) is 1. The lowest BCUT2D eigenvalue weighted by atomic mass is 10.1. The maximum absolute atomic E-state index is 11.8. The molecular weight excluding hydrogens is 358 g/mol. The molecule has 0 radical (unpaired) electrons. The lowest BCUT2D eigenvalue weighted by molar-refractivity contribution is -0.123. The third-order valence-electron chi connectivity index (χ3n) is 3.81. The van der Waals surface area contributed by atoms with Crippen molar-refractivity contribution in [3.63, 3.8) is 0 Å². The molecule has 0 atom stereocenters. The summed E-state index contributed by atoms with van der Waals surface area (Å²) in [6.07, 6.45) is 0. The maximum Gasteiger partial charge on any atom is 0.258 e. The van der Waals surface area contributed by atoms with Crippen molar-refractivity contribution < 1.29 is 19.0 Å². The van der Waals surface area contributed by atoms with E-state index < -0.39 is 0 Å². The lowest BCUT2D eigenvalue weighted by Crippen LogP contribution is -2.32. The van der Waals surface area contributed by atoms with E-state index in [0.717, 1.165) is 17.0 Å². The zero-order valence-corrected chi connectivity index (χ0v) is 15.5. The van der Waals surface area contributed by atoms with E-state index in [1.54, 1.807) is 37.4 Å². The first-order chi connectivity index (χ1) is 13.7. The van der Waals surface area contributed by atoms with Crippen molar-refractivity contribution in [3.05, 3.63) is 66.7 Å². The molecule has 1 amide bonds. The average Bonchev–Trinajstić information content (AvgIpc) is 2.76. The Bertz CT molecular complexity index is 868. The van der Waals surface area contributed by atoms with Gasteiger partial charge < -0.3 is 19.5 Å². The number of rotatable bonds is 9. The van der Waals surface area contributed by atoms with Crippen LogP contribution >= 0.6 is 0 Å². The second-order valence-corrected chi connectivity index (χ2v) is 5.79. The third-order valence-corrected chi connectivity index (χ3v) is 3.81. The molecule has 0 aliphatic carbocycles. The number of hydrogen-bond donors (Lipinski definition) is 1. The molecule has 0 unspecified atom stereocenters. The van der Waals surface area contributed by atoms with Crippen molar-refractivity contribution in [2.75, 3.05) is 26.9 Å². The summed E-state index contributed by atoms with van der Waals surface area (Å²) in [7, 11) is 1.59. The van der Waals surface area contributed by atoms with E-state index in [1.165, 1.54) is 0 Å². The number of carbonyl (C=O) groups is 1. The average molecular weight is 379 g/mol. The van der Waals surface area contributed by atoms with Crippen LogP contribution in [0.3, 0.4) is 0 Å². The Hall–Kier alpha value is -3.61. The lowest BCUT2D eigenvalue weighted by Gasteiger charge is -2.09. The molecule has 3 aromatic rings. The summed E-state index contributed by atoms with van der Waals surface area (Å²) < 4.78 is 16.0. The van der Waals surface area contributed by atoms with Crippen molar-refractivity contribution in [3.8, 4) is 28.6 Å². The van der Waals surface area contributed by atoms with E-state index in [2.05, 4.69) is 15.5 Å². The Morgan fingerprint density at radius 1 is 0.893 bits per heavy atom. The van der Waals surface area contributed by atoms with Crippen LogP contribution in [0.1, 0.15) is 0 Å². The second kappa shape index (κ2) is 9.91. The molecule has 1 heterocycles. The highest BCUT2D eigenvalue weighted by Gasteiger charge is 2.04. The molecule has 0 bridgehead atoms. The highest BCUT2D eigenvalue weighted by Crippen LogP contribution is 2.17. The van der Waals surface area contributed by atoms with Crippen LogP contribution in [0.5, 0.6) is 17.4 Å². The smallest absolute Gasteiger partial charge is 0.258 e. The highest BCUT2D eigenvalue weighted by atomic mass is 16.5. The fraction of sp³-hybridized carbons (Fsp3) is 0.190. The summed E-state index contributed by atoms with van der Waals surface area (Å²) >= 11 is 0. The minimum absolute atomic E-state index is 0.0715. The number of carbonyl (C=O) groups excluding carboxylic acids is 1. The van der Waals surface area contributed by atoms with E-state index in [1.807, 2.05) is 36.4 Å². The molecule has 7 nitrogen and oxygen atoms in total. The van der Waals surface area contributed by atoms with Gasteiger partial charge in [-0.15, -0.1) is 10.2 Å².